The van der Waals surface area contributed by atoms with Gasteiger partial charge in [-0.1, -0.05) is 19.8 Å². The number of nitrogens with one attached hydrogen (secondary N) is 1. The number of hydrogen-bond donors (Lipinski definition) is 1. The summed E-state index contributed by atoms with van der Waals surface area (Å²) in [5.41, 5.74) is 0. The fourth-order valence-corrected chi connectivity index (χ4v) is 6.57. The topological polar surface area (TPSA) is 55.4 Å². The first kappa shape index (κ1) is 17.0. The summed E-state index contributed by atoms with van der Waals surface area (Å²) in [5.74, 6) is 1.97. The Kier molecular flexibility index (Phi) is 6.29. The Labute approximate surface area is 135 Å². The van der Waals surface area contributed by atoms with E-state index < -0.39 is 0 Å². The fraction of sp³-hybridized carbons (Fsp3) is 0.867. The number of thioether (sulfide) groups is 2. The molecular formula is C15H25NO3S2. The number of amides is 1. The first-order valence-electron chi connectivity index (χ1n) is 7.75. The molecule has 0 radical (unpaired) electrons. The smallest absolute Gasteiger partial charge is 0.310 e. The van der Waals surface area contributed by atoms with Gasteiger partial charge in [0.15, 0.2) is 0 Å². The van der Waals surface area contributed by atoms with Crippen molar-refractivity contribution in [1.82, 2.24) is 5.32 Å². The molecule has 4 nitrogen and oxygen atoms in total. The normalized spacial score (nSPS) is 27.0. The van der Waals surface area contributed by atoms with Gasteiger partial charge in [-0.3, -0.25) is 9.59 Å². The Bertz CT molecular complexity index is 383. The number of carbonyl (C=O) groups excluding carboxylic acids is 2. The van der Waals surface area contributed by atoms with Gasteiger partial charge in [0, 0.05) is 24.0 Å². The van der Waals surface area contributed by atoms with E-state index in [1.54, 1.807) is 0 Å². The minimum atomic E-state index is -0.191. The second-order valence-corrected chi connectivity index (χ2v) is 8.99. The molecule has 2 fully saturated rings. The molecule has 2 rings (SSSR count). The molecular weight excluding hydrogens is 306 g/mol. The summed E-state index contributed by atoms with van der Waals surface area (Å²) in [5, 5.41) is 3.09. The molecule has 0 aromatic carbocycles. The van der Waals surface area contributed by atoms with Gasteiger partial charge in [-0.2, -0.15) is 0 Å². The van der Waals surface area contributed by atoms with Crippen molar-refractivity contribution in [2.24, 2.45) is 5.92 Å². The van der Waals surface area contributed by atoms with E-state index in [4.69, 9.17) is 4.74 Å². The van der Waals surface area contributed by atoms with Crippen LogP contribution < -0.4 is 5.32 Å². The highest BCUT2D eigenvalue weighted by molar-refractivity contribution is 8.21. The first-order chi connectivity index (χ1) is 10.1. The molecule has 1 saturated heterocycles. The summed E-state index contributed by atoms with van der Waals surface area (Å²) in [6.07, 6.45) is 5.36. The molecule has 0 aromatic rings. The molecule has 21 heavy (non-hydrogen) atoms. The monoisotopic (exact) mass is 331 g/mol. The van der Waals surface area contributed by atoms with E-state index in [1.165, 1.54) is 7.11 Å². The molecule has 2 aliphatic rings. The maximum absolute atomic E-state index is 12.1. The third-order valence-electron chi connectivity index (χ3n) is 4.22. The molecule has 2 atom stereocenters. The third-order valence-corrected chi connectivity index (χ3v) is 7.72. The maximum Gasteiger partial charge on any atom is 0.310 e. The lowest BCUT2D eigenvalue weighted by atomic mass is 10.0. The molecule has 0 aromatic heterocycles. The predicted molar refractivity (Wildman–Crippen MR) is 88.5 cm³/mol. The zero-order valence-corrected chi connectivity index (χ0v) is 14.5. The summed E-state index contributed by atoms with van der Waals surface area (Å²) >= 11 is 3.88. The Hall–Kier alpha value is -0.360. The maximum atomic E-state index is 12.1. The fourth-order valence-electron chi connectivity index (χ4n) is 3.14. The van der Waals surface area contributed by atoms with E-state index in [0.717, 1.165) is 43.6 Å². The molecule has 1 amide bonds. The standard InChI is InChI=1S/C15H25NO3S2/c1-3-4-5-6-13(17)16-12-10-15(20-7-8-21-15)9-11(12)14(18)19-2/h11-12H,3-10H2,1-2H3,(H,16,17). The van der Waals surface area contributed by atoms with Crippen LogP contribution in [0.1, 0.15) is 45.4 Å². The van der Waals surface area contributed by atoms with Crippen LogP contribution in [0.4, 0.5) is 0 Å². The molecule has 1 saturated carbocycles. The summed E-state index contributed by atoms with van der Waals surface area (Å²) in [6.45, 7) is 2.13. The van der Waals surface area contributed by atoms with Crippen LogP contribution >= 0.6 is 23.5 Å². The first-order valence-corrected chi connectivity index (χ1v) is 9.72. The SMILES string of the molecule is CCCCCC(=O)NC1CC2(CC1C(=O)OC)SCCS2. The summed E-state index contributed by atoms with van der Waals surface area (Å²) < 4.78 is 5.05. The van der Waals surface area contributed by atoms with Crippen LogP contribution in [-0.4, -0.2) is 40.6 Å². The Morgan fingerprint density at radius 3 is 2.57 bits per heavy atom. The third kappa shape index (κ3) is 4.31. The number of ether oxygens (including phenoxy) is 1. The second-order valence-electron chi connectivity index (χ2n) is 5.78. The van der Waals surface area contributed by atoms with E-state index in [1.807, 2.05) is 23.5 Å². The number of hydrogen-bond acceptors (Lipinski definition) is 5. The molecule has 1 aliphatic heterocycles. The summed E-state index contributed by atoms with van der Waals surface area (Å²) in [6, 6.07) is -0.0651. The minimum Gasteiger partial charge on any atom is -0.469 e. The van der Waals surface area contributed by atoms with Gasteiger partial charge in [-0.15, -0.1) is 23.5 Å². The van der Waals surface area contributed by atoms with Gasteiger partial charge < -0.3 is 10.1 Å². The van der Waals surface area contributed by atoms with E-state index in [-0.39, 0.29) is 27.9 Å². The van der Waals surface area contributed by atoms with Crippen LogP contribution in [0.5, 0.6) is 0 Å². The van der Waals surface area contributed by atoms with Gasteiger partial charge in [-0.05, 0) is 19.3 Å². The summed E-state index contributed by atoms with van der Waals surface area (Å²) in [4.78, 5) is 24.1. The Morgan fingerprint density at radius 1 is 1.24 bits per heavy atom. The highest BCUT2D eigenvalue weighted by atomic mass is 32.2. The van der Waals surface area contributed by atoms with Crippen molar-refractivity contribution in [3.63, 3.8) is 0 Å². The van der Waals surface area contributed by atoms with Gasteiger partial charge in [0.2, 0.25) is 5.91 Å². The average molecular weight is 332 g/mol. The molecule has 1 aliphatic carbocycles. The highest BCUT2D eigenvalue weighted by Gasteiger charge is 2.51. The zero-order chi connectivity index (χ0) is 15.3. The van der Waals surface area contributed by atoms with E-state index >= 15 is 0 Å². The highest BCUT2D eigenvalue weighted by Crippen LogP contribution is 2.56. The van der Waals surface area contributed by atoms with Crippen LogP contribution in [0.3, 0.4) is 0 Å². The predicted octanol–water partition coefficient (Wildman–Crippen LogP) is 2.81. The van der Waals surface area contributed by atoms with Gasteiger partial charge in [0.25, 0.3) is 0 Å². The van der Waals surface area contributed by atoms with E-state index in [2.05, 4.69) is 12.2 Å². The van der Waals surface area contributed by atoms with Crippen molar-refractivity contribution in [2.45, 2.75) is 55.6 Å². The van der Waals surface area contributed by atoms with Crippen molar-refractivity contribution < 1.29 is 14.3 Å². The second kappa shape index (κ2) is 7.77. The van der Waals surface area contributed by atoms with Crippen molar-refractivity contribution in [3.8, 4) is 0 Å². The lowest BCUT2D eigenvalue weighted by molar-refractivity contribution is -0.146. The van der Waals surface area contributed by atoms with Crippen molar-refractivity contribution in [1.29, 1.82) is 0 Å². The number of carbonyl (C=O) groups is 2. The van der Waals surface area contributed by atoms with Crippen molar-refractivity contribution in [2.75, 3.05) is 18.6 Å². The number of methoxy groups -OCH3 is 1. The molecule has 0 bridgehead atoms. The molecule has 1 spiro atoms. The lowest BCUT2D eigenvalue weighted by Gasteiger charge is -2.20. The Morgan fingerprint density at radius 2 is 1.95 bits per heavy atom. The van der Waals surface area contributed by atoms with Gasteiger partial charge >= 0.3 is 5.97 Å². The van der Waals surface area contributed by atoms with Crippen LogP contribution in [-0.2, 0) is 14.3 Å². The van der Waals surface area contributed by atoms with Crippen molar-refractivity contribution >= 4 is 35.4 Å². The molecule has 1 heterocycles. The van der Waals surface area contributed by atoms with Crippen molar-refractivity contribution in [3.05, 3.63) is 0 Å². The number of rotatable bonds is 6. The van der Waals surface area contributed by atoms with E-state index in [0.29, 0.717) is 6.42 Å². The minimum absolute atomic E-state index is 0.0651. The largest absolute Gasteiger partial charge is 0.469 e. The van der Waals surface area contributed by atoms with Crippen LogP contribution in [0.15, 0.2) is 0 Å². The van der Waals surface area contributed by atoms with Gasteiger partial charge in [0.05, 0.1) is 17.1 Å². The molecule has 1 N–H and O–H groups in total. The molecule has 2 unspecified atom stereocenters. The Balaban J connectivity index is 1.94. The van der Waals surface area contributed by atoms with Crippen LogP contribution in [0.25, 0.3) is 0 Å². The van der Waals surface area contributed by atoms with Gasteiger partial charge in [0.1, 0.15) is 0 Å². The number of unbranched alkanes of at least 4 members (excludes halogenated alkanes) is 2. The van der Waals surface area contributed by atoms with Crippen LogP contribution in [0, 0.1) is 5.92 Å². The van der Waals surface area contributed by atoms with E-state index in [9.17, 15) is 9.59 Å². The zero-order valence-electron chi connectivity index (χ0n) is 12.9. The number of esters is 1. The molecule has 6 heteroatoms. The van der Waals surface area contributed by atoms with Crippen LogP contribution in [0.2, 0.25) is 0 Å². The quantitative estimate of drug-likeness (QED) is 0.599. The summed E-state index contributed by atoms with van der Waals surface area (Å²) in [7, 11) is 1.43. The molecule has 120 valence electrons. The van der Waals surface area contributed by atoms with Gasteiger partial charge in [-0.25, -0.2) is 0 Å². The lowest BCUT2D eigenvalue weighted by Crippen LogP contribution is -2.40. The average Bonchev–Trinajstić information content (AvgIpc) is 3.06.